The quantitative estimate of drug-likeness (QED) is 0.628. The first-order valence-electron chi connectivity index (χ1n) is 11.3. The van der Waals surface area contributed by atoms with Gasteiger partial charge in [-0.05, 0) is 57.8 Å². The second kappa shape index (κ2) is 9.93. The first-order chi connectivity index (χ1) is 15.3. The topological polar surface area (TPSA) is 83.7 Å². The standard InChI is InChI=1S/C23H30ClN3O4S/c1-17-21(25-23(31-17)19-7-3-4-8-20(19)24)15-32(29,30)16-22(28)27-13-9-18(10-14-27)26-11-5-2-6-12-26/h3-4,7-8,18H,2,5-6,9-16H2,1H3. The fourth-order valence-electron chi connectivity index (χ4n) is 4.61. The summed E-state index contributed by atoms with van der Waals surface area (Å²) < 4.78 is 31.2. The molecule has 2 aliphatic heterocycles. The summed E-state index contributed by atoms with van der Waals surface area (Å²) in [7, 11) is -3.68. The molecule has 32 heavy (non-hydrogen) atoms. The molecule has 0 atom stereocenters. The summed E-state index contributed by atoms with van der Waals surface area (Å²) in [5.41, 5.74) is 0.921. The van der Waals surface area contributed by atoms with E-state index in [0.29, 0.717) is 41.2 Å². The molecular formula is C23H30ClN3O4S. The van der Waals surface area contributed by atoms with Gasteiger partial charge in [-0.25, -0.2) is 13.4 Å². The Morgan fingerprint density at radius 1 is 1.12 bits per heavy atom. The Morgan fingerprint density at radius 3 is 2.50 bits per heavy atom. The molecule has 3 heterocycles. The number of benzene rings is 1. The van der Waals surface area contributed by atoms with Gasteiger partial charge in [-0.1, -0.05) is 30.2 Å². The summed E-state index contributed by atoms with van der Waals surface area (Å²) >= 11 is 6.20. The first-order valence-corrected chi connectivity index (χ1v) is 13.5. The van der Waals surface area contributed by atoms with Gasteiger partial charge in [-0.3, -0.25) is 4.79 Å². The molecule has 0 unspecified atom stereocenters. The molecule has 0 bridgehead atoms. The zero-order valence-electron chi connectivity index (χ0n) is 18.4. The van der Waals surface area contributed by atoms with Crippen LogP contribution in [0.5, 0.6) is 0 Å². The number of oxazole rings is 1. The molecule has 0 spiro atoms. The smallest absolute Gasteiger partial charge is 0.237 e. The number of piperidine rings is 2. The molecule has 2 aromatic rings. The first kappa shape index (κ1) is 23.3. The van der Waals surface area contributed by atoms with Gasteiger partial charge in [0.2, 0.25) is 11.8 Å². The number of halogens is 1. The molecule has 2 saturated heterocycles. The van der Waals surface area contributed by atoms with Gasteiger partial charge < -0.3 is 14.2 Å². The van der Waals surface area contributed by atoms with Crippen LogP contribution in [0, 0.1) is 6.92 Å². The van der Waals surface area contributed by atoms with Gasteiger partial charge in [0.15, 0.2) is 9.84 Å². The summed E-state index contributed by atoms with van der Waals surface area (Å²) in [6.45, 7) is 5.19. The van der Waals surface area contributed by atoms with E-state index in [-0.39, 0.29) is 17.6 Å². The second-order valence-corrected chi connectivity index (χ2v) is 11.2. The van der Waals surface area contributed by atoms with Crippen LogP contribution in [0.2, 0.25) is 5.02 Å². The van der Waals surface area contributed by atoms with E-state index >= 15 is 0 Å². The van der Waals surface area contributed by atoms with E-state index in [2.05, 4.69) is 9.88 Å². The third kappa shape index (κ3) is 5.53. The number of aromatic nitrogens is 1. The molecule has 2 fully saturated rings. The van der Waals surface area contributed by atoms with E-state index in [1.165, 1.54) is 19.3 Å². The van der Waals surface area contributed by atoms with Crippen LogP contribution in [0.15, 0.2) is 28.7 Å². The Labute approximate surface area is 194 Å². The highest BCUT2D eigenvalue weighted by atomic mass is 35.5. The second-order valence-electron chi connectivity index (χ2n) is 8.74. The Morgan fingerprint density at radius 2 is 1.81 bits per heavy atom. The van der Waals surface area contributed by atoms with Gasteiger partial charge in [0.05, 0.1) is 22.0 Å². The van der Waals surface area contributed by atoms with Crippen molar-refractivity contribution in [2.45, 2.75) is 50.8 Å². The van der Waals surface area contributed by atoms with E-state index in [0.717, 1.165) is 25.9 Å². The van der Waals surface area contributed by atoms with Crippen molar-refractivity contribution < 1.29 is 17.6 Å². The van der Waals surface area contributed by atoms with Crippen LogP contribution >= 0.6 is 11.6 Å². The molecule has 0 N–H and O–H groups in total. The molecule has 1 amide bonds. The number of rotatable bonds is 6. The van der Waals surface area contributed by atoms with Gasteiger partial charge in [-0.15, -0.1) is 0 Å². The number of amides is 1. The lowest BCUT2D eigenvalue weighted by atomic mass is 10.00. The van der Waals surface area contributed by atoms with Crippen LogP contribution in [-0.2, 0) is 20.4 Å². The monoisotopic (exact) mass is 479 g/mol. The van der Waals surface area contributed by atoms with Crippen LogP contribution in [0.1, 0.15) is 43.6 Å². The zero-order chi connectivity index (χ0) is 22.7. The third-order valence-corrected chi connectivity index (χ3v) is 8.15. The highest BCUT2D eigenvalue weighted by molar-refractivity contribution is 7.91. The number of carbonyl (C=O) groups is 1. The number of sulfone groups is 1. The predicted molar refractivity (Wildman–Crippen MR) is 124 cm³/mol. The van der Waals surface area contributed by atoms with E-state index < -0.39 is 15.6 Å². The molecule has 2 aliphatic rings. The van der Waals surface area contributed by atoms with Crippen molar-refractivity contribution >= 4 is 27.3 Å². The molecule has 0 radical (unpaired) electrons. The van der Waals surface area contributed by atoms with Crippen LogP contribution < -0.4 is 0 Å². The maximum absolute atomic E-state index is 12.8. The molecule has 7 nitrogen and oxygen atoms in total. The van der Waals surface area contributed by atoms with E-state index in [1.807, 2.05) is 6.07 Å². The largest absolute Gasteiger partial charge is 0.441 e. The van der Waals surface area contributed by atoms with E-state index in [9.17, 15) is 13.2 Å². The fraction of sp³-hybridized carbons (Fsp3) is 0.565. The van der Waals surface area contributed by atoms with Gasteiger partial charge in [-0.2, -0.15) is 0 Å². The summed E-state index contributed by atoms with van der Waals surface area (Å²) in [6.07, 6.45) is 5.62. The lowest BCUT2D eigenvalue weighted by Crippen LogP contribution is -2.49. The number of hydrogen-bond donors (Lipinski definition) is 0. The number of carbonyl (C=O) groups excluding carboxylic acids is 1. The average Bonchev–Trinajstić information content (AvgIpc) is 3.13. The summed E-state index contributed by atoms with van der Waals surface area (Å²) in [4.78, 5) is 21.3. The van der Waals surface area contributed by atoms with Crippen molar-refractivity contribution in [3.05, 3.63) is 40.7 Å². The SMILES string of the molecule is Cc1oc(-c2ccccc2Cl)nc1CS(=O)(=O)CC(=O)N1CCC(N2CCCCC2)CC1. The molecule has 0 saturated carbocycles. The molecule has 0 aliphatic carbocycles. The van der Waals surface area contributed by atoms with E-state index in [4.69, 9.17) is 16.0 Å². The summed E-state index contributed by atoms with van der Waals surface area (Å²) in [5, 5.41) is 0.478. The van der Waals surface area contributed by atoms with Crippen molar-refractivity contribution in [1.29, 1.82) is 0 Å². The van der Waals surface area contributed by atoms with Crippen molar-refractivity contribution in [1.82, 2.24) is 14.8 Å². The van der Waals surface area contributed by atoms with Gasteiger partial charge in [0, 0.05) is 19.1 Å². The lowest BCUT2D eigenvalue weighted by Gasteiger charge is -2.40. The molecule has 9 heteroatoms. The molecular weight excluding hydrogens is 450 g/mol. The van der Waals surface area contributed by atoms with Crippen LogP contribution in [-0.4, -0.2) is 67.1 Å². The van der Waals surface area contributed by atoms with Gasteiger partial charge >= 0.3 is 0 Å². The highest BCUT2D eigenvalue weighted by Crippen LogP contribution is 2.29. The Balaban J connectivity index is 1.35. The highest BCUT2D eigenvalue weighted by Gasteiger charge is 2.30. The van der Waals surface area contributed by atoms with Crippen molar-refractivity contribution in [2.75, 3.05) is 31.9 Å². The van der Waals surface area contributed by atoms with Gasteiger partial charge in [0.1, 0.15) is 11.5 Å². The molecule has 4 rings (SSSR count). The maximum Gasteiger partial charge on any atom is 0.237 e. The number of nitrogens with zero attached hydrogens (tertiary/aromatic N) is 3. The number of likely N-dealkylation sites (tertiary alicyclic amines) is 2. The van der Waals surface area contributed by atoms with Crippen molar-refractivity contribution in [3.8, 4) is 11.5 Å². The minimum Gasteiger partial charge on any atom is -0.441 e. The van der Waals surface area contributed by atoms with Crippen molar-refractivity contribution in [2.24, 2.45) is 0 Å². The molecule has 1 aromatic heterocycles. The molecule has 1 aromatic carbocycles. The van der Waals surface area contributed by atoms with Gasteiger partial charge in [0.25, 0.3) is 0 Å². The lowest BCUT2D eigenvalue weighted by molar-refractivity contribution is -0.130. The predicted octanol–water partition coefficient (Wildman–Crippen LogP) is 3.70. The van der Waals surface area contributed by atoms with Crippen LogP contribution in [0.3, 0.4) is 0 Å². The summed E-state index contributed by atoms with van der Waals surface area (Å²) in [6, 6.07) is 7.61. The Hall–Kier alpha value is -1.90. The molecule has 174 valence electrons. The fourth-order valence-corrected chi connectivity index (χ4v) is 6.18. The Bertz CT molecular complexity index is 1050. The third-order valence-electron chi connectivity index (χ3n) is 6.42. The average molecular weight is 480 g/mol. The summed E-state index contributed by atoms with van der Waals surface area (Å²) in [5.74, 6) is -0.463. The van der Waals surface area contributed by atoms with Crippen molar-refractivity contribution in [3.63, 3.8) is 0 Å². The van der Waals surface area contributed by atoms with Crippen LogP contribution in [0.4, 0.5) is 0 Å². The van der Waals surface area contributed by atoms with Crippen LogP contribution in [0.25, 0.3) is 11.5 Å². The number of aryl methyl sites for hydroxylation is 1. The minimum absolute atomic E-state index is 0.282. The number of hydrogen-bond acceptors (Lipinski definition) is 6. The normalized spacial score (nSPS) is 18.8. The maximum atomic E-state index is 12.8. The zero-order valence-corrected chi connectivity index (χ0v) is 20.0. The van der Waals surface area contributed by atoms with E-state index in [1.54, 1.807) is 30.0 Å². The Kier molecular flexibility index (Phi) is 7.22. The minimum atomic E-state index is -3.68.